The Morgan fingerprint density at radius 2 is 2.30 bits per heavy atom. The van der Waals surface area contributed by atoms with Crippen LogP contribution in [0.15, 0.2) is 0 Å². The van der Waals surface area contributed by atoms with Crippen LogP contribution in [0, 0.1) is 0 Å². The summed E-state index contributed by atoms with van der Waals surface area (Å²) in [6, 6.07) is 0.708. The Morgan fingerprint density at radius 3 is 2.70 bits per heavy atom. The molecule has 0 aliphatic carbocycles. The lowest BCUT2D eigenvalue weighted by Crippen LogP contribution is -2.50. The molecule has 60 valence electrons. The molecule has 1 fully saturated rings. The first-order valence-corrected chi connectivity index (χ1v) is 5.06. The highest BCUT2D eigenvalue weighted by Crippen LogP contribution is 2.07. The third-order valence-electron chi connectivity index (χ3n) is 1.89. The molecule has 1 unspecified atom stereocenters. The van der Waals surface area contributed by atoms with Crippen LogP contribution in [-0.2, 0) is 0 Å². The first kappa shape index (κ1) is 8.74. The molecule has 0 bridgehead atoms. The molecule has 1 aliphatic heterocycles. The number of piperazine rings is 1. The highest BCUT2D eigenvalue weighted by atomic mass is 127. The summed E-state index contributed by atoms with van der Waals surface area (Å²) in [5.41, 5.74) is 0. The van der Waals surface area contributed by atoms with E-state index in [4.69, 9.17) is 0 Å². The fraction of sp³-hybridized carbons (Fsp3) is 1.00. The van der Waals surface area contributed by atoms with E-state index in [1.54, 1.807) is 0 Å². The Bertz CT molecular complexity index is 106. The van der Waals surface area contributed by atoms with Crippen LogP contribution in [-0.4, -0.2) is 34.6 Å². The highest BCUT2D eigenvalue weighted by molar-refractivity contribution is 14.1. The second-order valence-corrected chi connectivity index (χ2v) is 4.51. The average Bonchev–Trinajstić information content (AvgIpc) is 1.88. The summed E-state index contributed by atoms with van der Waals surface area (Å²) < 4.78 is 0.647. The standard InChI is InChI=1S/C7H15IN2/c1-6(2)10-4-3-9-7(8)5-10/h6-7,9H,3-5H2,1-2H3. The first-order chi connectivity index (χ1) is 4.70. The molecule has 2 nitrogen and oxygen atoms in total. The van der Waals surface area contributed by atoms with Crippen molar-refractivity contribution in [1.29, 1.82) is 0 Å². The molecule has 0 aromatic heterocycles. The van der Waals surface area contributed by atoms with Gasteiger partial charge in [-0.1, -0.05) is 22.6 Å². The lowest BCUT2D eigenvalue weighted by atomic mass is 10.3. The SMILES string of the molecule is CC(C)N1CCNC(I)C1. The predicted octanol–water partition coefficient (Wildman–Crippen LogP) is 1.06. The number of halogens is 1. The van der Waals surface area contributed by atoms with Gasteiger partial charge in [0.1, 0.15) is 0 Å². The van der Waals surface area contributed by atoms with Crippen molar-refractivity contribution >= 4 is 22.6 Å². The molecule has 1 aliphatic rings. The zero-order valence-electron chi connectivity index (χ0n) is 6.60. The number of rotatable bonds is 1. The van der Waals surface area contributed by atoms with Gasteiger partial charge in [-0.05, 0) is 13.8 Å². The Kier molecular flexibility index (Phi) is 3.39. The van der Waals surface area contributed by atoms with Crippen molar-refractivity contribution in [3.8, 4) is 0 Å². The van der Waals surface area contributed by atoms with E-state index in [0.717, 1.165) is 6.54 Å². The summed E-state index contributed by atoms with van der Waals surface area (Å²) in [7, 11) is 0. The molecule has 1 heterocycles. The maximum absolute atomic E-state index is 3.41. The van der Waals surface area contributed by atoms with Gasteiger partial charge in [-0.25, -0.2) is 0 Å². The summed E-state index contributed by atoms with van der Waals surface area (Å²) in [4.78, 5) is 2.51. The van der Waals surface area contributed by atoms with E-state index in [1.165, 1.54) is 13.1 Å². The van der Waals surface area contributed by atoms with Gasteiger partial charge in [-0.15, -0.1) is 0 Å². The summed E-state index contributed by atoms with van der Waals surface area (Å²) in [6.07, 6.45) is 0. The van der Waals surface area contributed by atoms with Gasteiger partial charge in [-0.2, -0.15) is 0 Å². The molecule has 1 N–H and O–H groups in total. The summed E-state index contributed by atoms with van der Waals surface area (Å²) in [5.74, 6) is 0. The average molecular weight is 254 g/mol. The zero-order chi connectivity index (χ0) is 7.56. The topological polar surface area (TPSA) is 15.3 Å². The predicted molar refractivity (Wildman–Crippen MR) is 52.5 cm³/mol. The van der Waals surface area contributed by atoms with Gasteiger partial charge in [-0.3, -0.25) is 4.90 Å². The quantitative estimate of drug-likeness (QED) is 0.427. The number of nitrogens with zero attached hydrogens (tertiary/aromatic N) is 1. The van der Waals surface area contributed by atoms with E-state index in [-0.39, 0.29) is 0 Å². The first-order valence-electron chi connectivity index (χ1n) is 3.81. The van der Waals surface area contributed by atoms with Crippen LogP contribution >= 0.6 is 22.6 Å². The van der Waals surface area contributed by atoms with Crippen molar-refractivity contribution in [3.63, 3.8) is 0 Å². The van der Waals surface area contributed by atoms with Gasteiger partial charge < -0.3 is 5.32 Å². The van der Waals surface area contributed by atoms with Gasteiger partial charge in [0.15, 0.2) is 0 Å². The van der Waals surface area contributed by atoms with Gasteiger partial charge >= 0.3 is 0 Å². The summed E-state index contributed by atoms with van der Waals surface area (Å²) in [6.45, 7) is 8.06. The van der Waals surface area contributed by atoms with Gasteiger partial charge in [0.25, 0.3) is 0 Å². The fourth-order valence-corrected chi connectivity index (χ4v) is 2.01. The van der Waals surface area contributed by atoms with Crippen LogP contribution in [0.3, 0.4) is 0 Å². The normalized spacial score (nSPS) is 29.4. The third-order valence-corrected chi connectivity index (χ3v) is 2.72. The molecule has 0 aromatic carbocycles. The molecule has 1 saturated heterocycles. The van der Waals surface area contributed by atoms with Crippen LogP contribution < -0.4 is 5.32 Å². The van der Waals surface area contributed by atoms with Crippen LogP contribution in [0.2, 0.25) is 0 Å². The molecule has 10 heavy (non-hydrogen) atoms. The molecule has 3 heteroatoms. The van der Waals surface area contributed by atoms with E-state index in [0.29, 0.717) is 10.1 Å². The molecule has 0 saturated carbocycles. The van der Waals surface area contributed by atoms with Crippen molar-refractivity contribution in [3.05, 3.63) is 0 Å². The Labute approximate surface area is 76.5 Å². The van der Waals surface area contributed by atoms with Crippen molar-refractivity contribution < 1.29 is 0 Å². The molecule has 0 radical (unpaired) electrons. The molecule has 1 rings (SSSR count). The van der Waals surface area contributed by atoms with Crippen LogP contribution in [0.5, 0.6) is 0 Å². The van der Waals surface area contributed by atoms with Crippen molar-refractivity contribution in [1.82, 2.24) is 10.2 Å². The van der Waals surface area contributed by atoms with Crippen LogP contribution in [0.4, 0.5) is 0 Å². The minimum Gasteiger partial charge on any atom is -0.303 e. The van der Waals surface area contributed by atoms with E-state index in [9.17, 15) is 0 Å². The minimum atomic E-state index is 0.647. The van der Waals surface area contributed by atoms with E-state index in [2.05, 4.69) is 46.7 Å². The molecular formula is C7H15IN2. The van der Waals surface area contributed by atoms with E-state index >= 15 is 0 Å². The maximum Gasteiger partial charge on any atom is 0.0723 e. The molecule has 0 spiro atoms. The summed E-state index contributed by atoms with van der Waals surface area (Å²) in [5, 5.41) is 3.41. The molecule has 1 atom stereocenters. The number of nitrogens with one attached hydrogen (secondary N) is 1. The van der Waals surface area contributed by atoms with E-state index in [1.807, 2.05) is 0 Å². The Hall–Kier alpha value is 0.650. The van der Waals surface area contributed by atoms with Crippen molar-refractivity contribution in [2.45, 2.75) is 23.9 Å². The monoisotopic (exact) mass is 254 g/mol. The van der Waals surface area contributed by atoms with E-state index < -0.39 is 0 Å². The van der Waals surface area contributed by atoms with Crippen LogP contribution in [0.1, 0.15) is 13.8 Å². The Morgan fingerprint density at radius 1 is 1.60 bits per heavy atom. The smallest absolute Gasteiger partial charge is 0.0723 e. The number of hydrogen-bond acceptors (Lipinski definition) is 2. The lowest BCUT2D eigenvalue weighted by Gasteiger charge is -2.33. The third kappa shape index (κ3) is 2.36. The molecular weight excluding hydrogens is 239 g/mol. The van der Waals surface area contributed by atoms with Crippen molar-refractivity contribution in [2.75, 3.05) is 19.6 Å². The second-order valence-electron chi connectivity index (χ2n) is 3.01. The second kappa shape index (κ2) is 3.88. The van der Waals surface area contributed by atoms with Gasteiger partial charge in [0.2, 0.25) is 0 Å². The molecule has 0 amide bonds. The zero-order valence-corrected chi connectivity index (χ0v) is 8.76. The number of alkyl halides is 1. The molecule has 0 aromatic rings. The van der Waals surface area contributed by atoms with Gasteiger partial charge in [0, 0.05) is 25.7 Å². The van der Waals surface area contributed by atoms with Gasteiger partial charge in [0.05, 0.1) is 4.05 Å². The highest BCUT2D eigenvalue weighted by Gasteiger charge is 2.17. The van der Waals surface area contributed by atoms with Crippen LogP contribution in [0.25, 0.3) is 0 Å². The fourth-order valence-electron chi connectivity index (χ4n) is 1.20. The Balaban J connectivity index is 2.32. The number of hydrogen-bond donors (Lipinski definition) is 1. The largest absolute Gasteiger partial charge is 0.303 e. The minimum absolute atomic E-state index is 0.647. The van der Waals surface area contributed by atoms with Crippen molar-refractivity contribution in [2.24, 2.45) is 0 Å². The summed E-state index contributed by atoms with van der Waals surface area (Å²) >= 11 is 2.45. The maximum atomic E-state index is 3.41. The lowest BCUT2D eigenvalue weighted by molar-refractivity contribution is 0.191.